The Balaban J connectivity index is 1.68. The lowest BCUT2D eigenvalue weighted by Crippen LogP contribution is -2.33. The first kappa shape index (κ1) is 12.0. The first-order chi connectivity index (χ1) is 7.88. The molecule has 4 heteroatoms. The Morgan fingerprint density at radius 1 is 1.56 bits per heavy atom. The fraction of sp³-hybridized carbons (Fsp3) is 0.667. The van der Waals surface area contributed by atoms with Crippen LogP contribution in [0.4, 0.5) is 0 Å². The summed E-state index contributed by atoms with van der Waals surface area (Å²) < 4.78 is 11.0. The maximum Gasteiger partial charge on any atom is 0.0937 e. The summed E-state index contributed by atoms with van der Waals surface area (Å²) in [5.74, 6) is 0. The molecule has 0 bridgehead atoms. The molecule has 0 saturated heterocycles. The lowest BCUT2D eigenvalue weighted by Gasteiger charge is -2.17. The van der Waals surface area contributed by atoms with Crippen LogP contribution in [0.1, 0.15) is 17.7 Å². The van der Waals surface area contributed by atoms with E-state index in [2.05, 4.69) is 22.8 Å². The van der Waals surface area contributed by atoms with Gasteiger partial charge in [0, 0.05) is 24.6 Å². The van der Waals surface area contributed by atoms with E-state index in [0.29, 0.717) is 13.2 Å². The molecule has 2 rings (SSSR count). The van der Waals surface area contributed by atoms with Gasteiger partial charge in [-0.05, 0) is 24.3 Å². The summed E-state index contributed by atoms with van der Waals surface area (Å²) in [6.07, 6.45) is 2.78. The van der Waals surface area contributed by atoms with Crippen LogP contribution in [0.2, 0.25) is 0 Å². The van der Waals surface area contributed by atoms with Crippen molar-refractivity contribution in [2.45, 2.75) is 31.6 Å². The maximum absolute atomic E-state index is 5.83. The molecule has 1 aromatic rings. The Morgan fingerprint density at radius 3 is 3.06 bits per heavy atom. The molecule has 3 nitrogen and oxygen atoms in total. The zero-order chi connectivity index (χ0) is 11.2. The van der Waals surface area contributed by atoms with Crippen LogP contribution in [0, 0.1) is 0 Å². The lowest BCUT2D eigenvalue weighted by molar-refractivity contribution is -0.00928. The van der Waals surface area contributed by atoms with Crippen LogP contribution in [0.25, 0.3) is 0 Å². The van der Waals surface area contributed by atoms with E-state index in [4.69, 9.17) is 9.47 Å². The van der Waals surface area contributed by atoms with Crippen LogP contribution < -0.4 is 5.32 Å². The van der Waals surface area contributed by atoms with Crippen molar-refractivity contribution in [2.75, 3.05) is 20.3 Å². The number of ether oxygens (including phenoxy) is 2. The van der Waals surface area contributed by atoms with E-state index in [9.17, 15) is 0 Å². The molecule has 90 valence electrons. The van der Waals surface area contributed by atoms with Crippen molar-refractivity contribution in [1.29, 1.82) is 0 Å². The summed E-state index contributed by atoms with van der Waals surface area (Å²) in [4.78, 5) is 1.27. The van der Waals surface area contributed by atoms with Gasteiger partial charge in [0.1, 0.15) is 0 Å². The second-order valence-electron chi connectivity index (χ2n) is 4.15. The summed E-state index contributed by atoms with van der Waals surface area (Å²) in [7, 11) is 1.72. The third-order valence-corrected chi connectivity index (χ3v) is 3.46. The quantitative estimate of drug-likeness (QED) is 0.755. The molecule has 1 aliphatic rings. The molecule has 0 amide bonds. The molecule has 1 N–H and O–H groups in total. The number of hydrogen-bond donors (Lipinski definition) is 1. The third kappa shape index (κ3) is 4.22. The zero-order valence-electron chi connectivity index (χ0n) is 9.65. The monoisotopic (exact) mass is 241 g/mol. The van der Waals surface area contributed by atoms with Crippen LogP contribution in [0.15, 0.2) is 17.5 Å². The lowest BCUT2D eigenvalue weighted by atomic mass is 10.3. The maximum atomic E-state index is 5.83. The minimum Gasteiger partial charge on any atom is -0.382 e. The highest BCUT2D eigenvalue weighted by Gasteiger charge is 2.22. The van der Waals surface area contributed by atoms with Gasteiger partial charge in [-0.3, -0.25) is 0 Å². The van der Waals surface area contributed by atoms with Crippen LogP contribution >= 0.6 is 11.3 Å². The van der Waals surface area contributed by atoms with Gasteiger partial charge in [0.2, 0.25) is 0 Å². The first-order valence-corrected chi connectivity index (χ1v) is 6.62. The van der Waals surface area contributed by atoms with Gasteiger partial charge in [0.05, 0.1) is 19.3 Å². The molecule has 1 saturated carbocycles. The van der Waals surface area contributed by atoms with Crippen LogP contribution in [0.5, 0.6) is 0 Å². The Kier molecular flexibility index (Phi) is 4.78. The second kappa shape index (κ2) is 6.35. The van der Waals surface area contributed by atoms with Crippen molar-refractivity contribution in [2.24, 2.45) is 0 Å². The molecule has 0 aromatic carbocycles. The van der Waals surface area contributed by atoms with Crippen LogP contribution in [-0.4, -0.2) is 32.4 Å². The van der Waals surface area contributed by atoms with E-state index in [0.717, 1.165) is 12.6 Å². The molecule has 1 unspecified atom stereocenters. The predicted octanol–water partition coefficient (Wildman–Crippen LogP) is 2.03. The summed E-state index contributed by atoms with van der Waals surface area (Å²) >= 11 is 1.73. The molecule has 0 spiro atoms. The highest BCUT2D eigenvalue weighted by Crippen LogP contribution is 2.18. The molecule has 16 heavy (non-hydrogen) atoms. The van der Waals surface area contributed by atoms with Crippen molar-refractivity contribution < 1.29 is 9.47 Å². The number of thiophene rings is 1. The van der Waals surface area contributed by atoms with Gasteiger partial charge in [-0.25, -0.2) is 0 Å². The first-order valence-electron chi connectivity index (χ1n) is 5.75. The van der Waals surface area contributed by atoms with Gasteiger partial charge in [0.25, 0.3) is 0 Å². The normalized spacial score (nSPS) is 17.6. The molecule has 1 fully saturated rings. The molecule has 1 aliphatic carbocycles. The number of rotatable bonds is 8. The van der Waals surface area contributed by atoms with Crippen molar-refractivity contribution in [3.8, 4) is 0 Å². The van der Waals surface area contributed by atoms with E-state index in [-0.39, 0.29) is 6.10 Å². The minimum absolute atomic E-state index is 0.160. The summed E-state index contributed by atoms with van der Waals surface area (Å²) in [5.41, 5.74) is 0. The summed E-state index contributed by atoms with van der Waals surface area (Å²) in [5, 5.41) is 5.55. The minimum atomic E-state index is 0.160. The van der Waals surface area contributed by atoms with Gasteiger partial charge in [0.15, 0.2) is 0 Å². The third-order valence-electron chi connectivity index (χ3n) is 2.61. The largest absolute Gasteiger partial charge is 0.382 e. The number of hydrogen-bond acceptors (Lipinski definition) is 4. The van der Waals surface area contributed by atoms with E-state index in [1.807, 2.05) is 0 Å². The molecular weight excluding hydrogens is 222 g/mol. The topological polar surface area (TPSA) is 30.5 Å². The second-order valence-corrected chi connectivity index (χ2v) is 5.18. The Bertz CT molecular complexity index is 285. The van der Waals surface area contributed by atoms with Gasteiger partial charge in [-0.15, -0.1) is 11.3 Å². The number of methoxy groups -OCH3 is 1. The molecule has 1 atom stereocenters. The summed E-state index contributed by atoms with van der Waals surface area (Å²) in [6, 6.07) is 4.88. The van der Waals surface area contributed by atoms with Crippen molar-refractivity contribution in [1.82, 2.24) is 5.32 Å². The highest BCUT2D eigenvalue weighted by atomic mass is 32.1. The zero-order valence-corrected chi connectivity index (χ0v) is 10.5. The van der Waals surface area contributed by atoms with Gasteiger partial charge >= 0.3 is 0 Å². The van der Waals surface area contributed by atoms with E-state index < -0.39 is 0 Å². The van der Waals surface area contributed by atoms with Crippen LogP contribution in [-0.2, 0) is 16.1 Å². The predicted molar refractivity (Wildman–Crippen MR) is 65.8 cm³/mol. The molecule has 0 aliphatic heterocycles. The highest BCUT2D eigenvalue weighted by molar-refractivity contribution is 7.09. The molecule has 1 heterocycles. The SMILES string of the molecule is COCC(CNC1CC1)OCc1cccs1. The number of nitrogens with one attached hydrogen (secondary N) is 1. The fourth-order valence-electron chi connectivity index (χ4n) is 1.53. The van der Waals surface area contributed by atoms with Gasteiger partial charge in [-0.1, -0.05) is 6.07 Å². The van der Waals surface area contributed by atoms with Crippen molar-refractivity contribution in [3.05, 3.63) is 22.4 Å². The average molecular weight is 241 g/mol. The standard InChI is InChI=1S/C12H19NO2S/c1-14-8-11(7-13-10-4-5-10)15-9-12-3-2-6-16-12/h2-3,6,10-11,13H,4-5,7-9H2,1H3. The average Bonchev–Trinajstić information content (AvgIpc) is 2.97. The van der Waals surface area contributed by atoms with E-state index in [1.165, 1.54) is 17.7 Å². The molecular formula is C12H19NO2S. The van der Waals surface area contributed by atoms with Gasteiger partial charge in [-0.2, -0.15) is 0 Å². The van der Waals surface area contributed by atoms with E-state index >= 15 is 0 Å². The van der Waals surface area contributed by atoms with Gasteiger partial charge < -0.3 is 14.8 Å². The Labute approximate surface area is 101 Å². The van der Waals surface area contributed by atoms with Crippen molar-refractivity contribution >= 4 is 11.3 Å². The Morgan fingerprint density at radius 2 is 2.44 bits per heavy atom. The van der Waals surface area contributed by atoms with E-state index in [1.54, 1.807) is 18.4 Å². The smallest absolute Gasteiger partial charge is 0.0937 e. The summed E-state index contributed by atoms with van der Waals surface area (Å²) in [6.45, 7) is 2.24. The Hall–Kier alpha value is -0.420. The molecule has 0 radical (unpaired) electrons. The molecule has 1 aromatic heterocycles. The van der Waals surface area contributed by atoms with Crippen molar-refractivity contribution in [3.63, 3.8) is 0 Å². The van der Waals surface area contributed by atoms with Crippen LogP contribution in [0.3, 0.4) is 0 Å². The fourth-order valence-corrected chi connectivity index (χ4v) is 2.16.